The third-order valence-electron chi connectivity index (χ3n) is 8.14. The summed E-state index contributed by atoms with van der Waals surface area (Å²) in [7, 11) is 0. The SMILES string of the molecule is Cc1cc(C)n(C(Cc2ccc(Cl)cc2Cl)C(=O)N2CCC(c3ccc(Cl)cc3OCCN3CCCC3)CC2)n1. The highest BCUT2D eigenvalue weighted by Crippen LogP contribution is 2.37. The van der Waals surface area contributed by atoms with Crippen LogP contribution in [0.25, 0.3) is 0 Å². The Morgan fingerprint density at radius 2 is 1.68 bits per heavy atom. The molecule has 6 nitrogen and oxygen atoms in total. The smallest absolute Gasteiger partial charge is 0.247 e. The van der Waals surface area contributed by atoms with Gasteiger partial charge in [0, 0.05) is 46.8 Å². The average molecular weight is 604 g/mol. The number of piperidine rings is 1. The second kappa shape index (κ2) is 13.2. The molecule has 0 aliphatic carbocycles. The summed E-state index contributed by atoms with van der Waals surface area (Å²) in [6.45, 7) is 9.17. The summed E-state index contributed by atoms with van der Waals surface area (Å²) in [5.74, 6) is 1.24. The van der Waals surface area contributed by atoms with Crippen molar-refractivity contribution in [2.45, 2.75) is 57.9 Å². The minimum absolute atomic E-state index is 0.0638. The van der Waals surface area contributed by atoms with E-state index in [0.29, 0.717) is 47.1 Å². The molecular weight excluding hydrogens is 567 g/mol. The molecule has 3 heterocycles. The van der Waals surface area contributed by atoms with E-state index in [1.54, 1.807) is 6.07 Å². The van der Waals surface area contributed by atoms with E-state index < -0.39 is 6.04 Å². The van der Waals surface area contributed by atoms with E-state index in [1.165, 1.54) is 18.4 Å². The van der Waals surface area contributed by atoms with Crippen molar-refractivity contribution in [3.63, 3.8) is 0 Å². The van der Waals surface area contributed by atoms with E-state index >= 15 is 0 Å². The van der Waals surface area contributed by atoms with Crippen LogP contribution in [0.1, 0.15) is 60.2 Å². The molecule has 2 fully saturated rings. The Hall–Kier alpha value is -2.25. The molecule has 1 aromatic heterocycles. The number of amides is 1. The molecule has 0 N–H and O–H groups in total. The van der Waals surface area contributed by atoms with Gasteiger partial charge in [0.2, 0.25) is 5.91 Å². The summed E-state index contributed by atoms with van der Waals surface area (Å²) in [5.41, 5.74) is 3.90. The number of nitrogens with zero attached hydrogens (tertiary/aromatic N) is 4. The maximum absolute atomic E-state index is 14.0. The highest BCUT2D eigenvalue weighted by molar-refractivity contribution is 6.35. The van der Waals surface area contributed by atoms with Crippen LogP contribution in [-0.4, -0.2) is 64.8 Å². The zero-order valence-corrected chi connectivity index (χ0v) is 25.5. The van der Waals surface area contributed by atoms with Crippen LogP contribution in [-0.2, 0) is 11.2 Å². The monoisotopic (exact) mass is 602 g/mol. The molecule has 1 unspecified atom stereocenters. The van der Waals surface area contributed by atoms with Crippen molar-refractivity contribution in [1.82, 2.24) is 19.6 Å². The van der Waals surface area contributed by atoms with Gasteiger partial charge in [0.05, 0.1) is 5.69 Å². The number of hydrogen-bond acceptors (Lipinski definition) is 4. The van der Waals surface area contributed by atoms with Crippen molar-refractivity contribution in [2.24, 2.45) is 0 Å². The first kappa shape index (κ1) is 29.2. The Balaban J connectivity index is 1.28. The lowest BCUT2D eigenvalue weighted by atomic mass is 9.88. The predicted octanol–water partition coefficient (Wildman–Crippen LogP) is 7.12. The summed E-state index contributed by atoms with van der Waals surface area (Å²) in [6.07, 6.45) is 4.71. The quantitative estimate of drug-likeness (QED) is 0.261. The molecule has 2 aliphatic heterocycles. The van der Waals surface area contributed by atoms with Gasteiger partial charge in [0.1, 0.15) is 18.4 Å². The molecule has 0 radical (unpaired) electrons. The minimum atomic E-state index is -0.482. The molecule has 2 aromatic carbocycles. The molecule has 2 aliphatic rings. The predicted molar refractivity (Wildman–Crippen MR) is 162 cm³/mol. The lowest BCUT2D eigenvalue weighted by molar-refractivity contribution is -0.136. The minimum Gasteiger partial charge on any atom is -0.492 e. The zero-order chi connectivity index (χ0) is 28.2. The highest BCUT2D eigenvalue weighted by atomic mass is 35.5. The number of aryl methyl sites for hydroxylation is 2. The molecule has 9 heteroatoms. The summed E-state index contributed by atoms with van der Waals surface area (Å²) in [6, 6.07) is 12.9. The number of benzene rings is 2. The standard InChI is InChI=1S/C31H37Cl3N4O2/c1-21-17-22(2)38(35-21)29(18-24-5-6-25(32)19-28(24)34)31(39)37-13-9-23(10-14-37)27-8-7-26(33)20-30(27)40-16-15-36-11-3-4-12-36/h5-8,17,19-20,23,29H,3-4,9-16,18H2,1-2H3. The number of carbonyl (C=O) groups excluding carboxylic acids is 1. The Labute approximate surface area is 252 Å². The molecule has 2 saturated heterocycles. The van der Waals surface area contributed by atoms with Gasteiger partial charge in [-0.25, -0.2) is 0 Å². The normalized spacial score (nSPS) is 17.4. The van der Waals surface area contributed by atoms with Crippen LogP contribution in [0.3, 0.4) is 0 Å². The lowest BCUT2D eigenvalue weighted by Gasteiger charge is -2.35. The van der Waals surface area contributed by atoms with E-state index in [-0.39, 0.29) is 5.91 Å². The number of likely N-dealkylation sites (tertiary alicyclic amines) is 2. The van der Waals surface area contributed by atoms with Crippen LogP contribution in [0.15, 0.2) is 42.5 Å². The number of rotatable bonds is 9. The number of aromatic nitrogens is 2. The number of hydrogen-bond donors (Lipinski definition) is 0. The molecule has 1 amide bonds. The van der Waals surface area contributed by atoms with Crippen molar-refractivity contribution >= 4 is 40.7 Å². The molecule has 5 rings (SSSR count). The second-order valence-corrected chi connectivity index (χ2v) is 12.3. The molecule has 3 aromatic rings. The van der Waals surface area contributed by atoms with Gasteiger partial charge < -0.3 is 9.64 Å². The third kappa shape index (κ3) is 6.96. The molecule has 40 heavy (non-hydrogen) atoms. The topological polar surface area (TPSA) is 50.6 Å². The fourth-order valence-electron chi connectivity index (χ4n) is 6.02. The van der Waals surface area contributed by atoms with E-state index in [2.05, 4.69) is 16.1 Å². The van der Waals surface area contributed by atoms with Crippen LogP contribution in [0.4, 0.5) is 0 Å². The zero-order valence-electron chi connectivity index (χ0n) is 23.2. The lowest BCUT2D eigenvalue weighted by Crippen LogP contribution is -2.43. The van der Waals surface area contributed by atoms with Crippen molar-refractivity contribution < 1.29 is 9.53 Å². The molecule has 214 valence electrons. The van der Waals surface area contributed by atoms with E-state index in [9.17, 15) is 4.79 Å². The van der Waals surface area contributed by atoms with Crippen LogP contribution in [0.2, 0.25) is 15.1 Å². The van der Waals surface area contributed by atoms with E-state index in [4.69, 9.17) is 39.5 Å². The maximum atomic E-state index is 14.0. The largest absolute Gasteiger partial charge is 0.492 e. The maximum Gasteiger partial charge on any atom is 0.247 e. The van der Waals surface area contributed by atoms with Gasteiger partial charge in [-0.05, 0) is 100.0 Å². The highest BCUT2D eigenvalue weighted by Gasteiger charge is 2.32. The number of halogens is 3. The third-order valence-corrected chi connectivity index (χ3v) is 8.96. The van der Waals surface area contributed by atoms with Crippen molar-refractivity contribution in [3.8, 4) is 5.75 Å². The van der Waals surface area contributed by atoms with Gasteiger partial charge in [0.15, 0.2) is 0 Å². The number of carbonyl (C=O) groups is 1. The molecule has 0 bridgehead atoms. The molecule has 0 spiro atoms. The van der Waals surface area contributed by atoms with Gasteiger partial charge in [0.25, 0.3) is 0 Å². The van der Waals surface area contributed by atoms with Crippen LogP contribution in [0.5, 0.6) is 5.75 Å². The summed E-state index contributed by atoms with van der Waals surface area (Å²) < 4.78 is 8.11. The van der Waals surface area contributed by atoms with Crippen molar-refractivity contribution in [1.29, 1.82) is 0 Å². The number of ether oxygens (including phenoxy) is 1. The van der Waals surface area contributed by atoms with Crippen molar-refractivity contribution in [3.05, 3.63) is 80.0 Å². The summed E-state index contributed by atoms with van der Waals surface area (Å²) in [4.78, 5) is 18.4. The summed E-state index contributed by atoms with van der Waals surface area (Å²) in [5, 5.41) is 6.49. The van der Waals surface area contributed by atoms with E-state index in [0.717, 1.165) is 55.2 Å². The first-order valence-electron chi connectivity index (χ1n) is 14.2. The Morgan fingerprint density at radius 1 is 0.975 bits per heavy atom. The van der Waals surface area contributed by atoms with Crippen molar-refractivity contribution in [2.75, 3.05) is 39.3 Å². The Morgan fingerprint density at radius 3 is 2.35 bits per heavy atom. The van der Waals surface area contributed by atoms with Crippen LogP contribution < -0.4 is 4.74 Å². The molecular formula is C31H37Cl3N4O2. The molecule has 0 saturated carbocycles. The van der Waals surface area contributed by atoms with Crippen LogP contribution in [0, 0.1) is 13.8 Å². The van der Waals surface area contributed by atoms with Gasteiger partial charge in [-0.2, -0.15) is 5.10 Å². The fraction of sp³-hybridized carbons (Fsp3) is 0.484. The Kier molecular flexibility index (Phi) is 9.62. The first-order valence-corrected chi connectivity index (χ1v) is 15.3. The van der Waals surface area contributed by atoms with Gasteiger partial charge >= 0.3 is 0 Å². The van der Waals surface area contributed by atoms with Gasteiger partial charge in [-0.1, -0.05) is 46.9 Å². The molecule has 1 atom stereocenters. The first-order chi connectivity index (χ1) is 19.3. The summed E-state index contributed by atoms with van der Waals surface area (Å²) >= 11 is 19.0. The van der Waals surface area contributed by atoms with Gasteiger partial charge in [-0.15, -0.1) is 0 Å². The van der Waals surface area contributed by atoms with Gasteiger partial charge in [-0.3, -0.25) is 14.4 Å². The van der Waals surface area contributed by atoms with E-state index in [1.807, 2.05) is 53.8 Å². The average Bonchev–Trinajstić information content (AvgIpc) is 3.57. The Bertz CT molecular complexity index is 1330. The van der Waals surface area contributed by atoms with Crippen LogP contribution >= 0.6 is 34.8 Å². The second-order valence-electron chi connectivity index (χ2n) is 11.0. The fourth-order valence-corrected chi connectivity index (χ4v) is 6.67.